The van der Waals surface area contributed by atoms with Crippen LogP contribution in [0, 0.1) is 6.92 Å². The first-order valence-corrected chi connectivity index (χ1v) is 9.98. The summed E-state index contributed by atoms with van der Waals surface area (Å²) in [6, 6.07) is 7.94. The Morgan fingerprint density at radius 1 is 1.33 bits per heavy atom. The van der Waals surface area contributed by atoms with Crippen molar-refractivity contribution in [2.45, 2.75) is 32.9 Å². The molecule has 7 heteroatoms. The summed E-state index contributed by atoms with van der Waals surface area (Å²) >= 11 is 0. The molecule has 0 radical (unpaired) electrons. The van der Waals surface area contributed by atoms with Crippen LogP contribution < -0.4 is 10.6 Å². The van der Waals surface area contributed by atoms with E-state index in [1.807, 2.05) is 38.1 Å². The minimum Gasteiger partial charge on any atom is -0.459 e. The van der Waals surface area contributed by atoms with E-state index in [4.69, 9.17) is 4.42 Å². The molecule has 2 aromatic rings. The molecule has 1 unspecified atom stereocenters. The molecule has 1 aromatic carbocycles. The maximum absolute atomic E-state index is 11.2. The lowest BCUT2D eigenvalue weighted by Crippen LogP contribution is -2.42. The Balaban J connectivity index is 1.94. The number of aryl methyl sites for hydroxylation is 1. The lowest BCUT2D eigenvalue weighted by atomic mass is 10.1. The molecule has 1 aromatic heterocycles. The first-order chi connectivity index (χ1) is 11.3. The number of furan rings is 1. The second-order valence-corrected chi connectivity index (χ2v) is 8.30. The SMILES string of the molecule is CN=C(NCc1oc2ccccc2c1C)NC(C)CCS(C)(=O)=O. The Labute approximate surface area is 143 Å². The fraction of sp³-hybridized carbons (Fsp3) is 0.471. The van der Waals surface area contributed by atoms with Gasteiger partial charge in [-0.1, -0.05) is 18.2 Å². The number of guanidine groups is 1. The van der Waals surface area contributed by atoms with E-state index in [0.717, 1.165) is 22.3 Å². The van der Waals surface area contributed by atoms with Gasteiger partial charge < -0.3 is 15.1 Å². The number of nitrogens with one attached hydrogen (secondary N) is 2. The summed E-state index contributed by atoms with van der Waals surface area (Å²) < 4.78 is 28.3. The van der Waals surface area contributed by atoms with Crippen LogP contribution in [-0.4, -0.2) is 39.5 Å². The molecule has 0 aliphatic carbocycles. The molecular formula is C17H25N3O3S. The average molecular weight is 351 g/mol. The Morgan fingerprint density at radius 2 is 2.04 bits per heavy atom. The van der Waals surface area contributed by atoms with Gasteiger partial charge in [0.2, 0.25) is 0 Å². The van der Waals surface area contributed by atoms with E-state index in [0.29, 0.717) is 18.9 Å². The number of rotatable bonds is 6. The zero-order chi connectivity index (χ0) is 17.7. The Hall–Kier alpha value is -2.02. The second-order valence-electron chi connectivity index (χ2n) is 6.04. The van der Waals surface area contributed by atoms with Gasteiger partial charge in [0.15, 0.2) is 5.96 Å². The summed E-state index contributed by atoms with van der Waals surface area (Å²) in [4.78, 5) is 4.17. The van der Waals surface area contributed by atoms with Crippen LogP contribution in [0.4, 0.5) is 0 Å². The van der Waals surface area contributed by atoms with Crippen molar-refractivity contribution in [1.29, 1.82) is 0 Å². The summed E-state index contributed by atoms with van der Waals surface area (Å²) in [5, 5.41) is 7.52. The van der Waals surface area contributed by atoms with Crippen molar-refractivity contribution in [1.82, 2.24) is 10.6 Å². The molecule has 1 atom stereocenters. The highest BCUT2D eigenvalue weighted by molar-refractivity contribution is 7.90. The van der Waals surface area contributed by atoms with Crippen molar-refractivity contribution >= 4 is 26.8 Å². The van der Waals surface area contributed by atoms with Crippen molar-refractivity contribution in [3.8, 4) is 0 Å². The number of aliphatic imine (C=N–C) groups is 1. The maximum Gasteiger partial charge on any atom is 0.191 e. The fourth-order valence-electron chi connectivity index (χ4n) is 2.45. The van der Waals surface area contributed by atoms with Crippen LogP contribution in [0.25, 0.3) is 11.0 Å². The molecule has 0 fully saturated rings. The minimum atomic E-state index is -2.95. The molecule has 0 saturated carbocycles. The van der Waals surface area contributed by atoms with Crippen molar-refractivity contribution < 1.29 is 12.8 Å². The number of fused-ring (bicyclic) bond motifs is 1. The van der Waals surface area contributed by atoms with Gasteiger partial charge in [0.05, 0.1) is 12.3 Å². The largest absolute Gasteiger partial charge is 0.459 e. The molecule has 132 valence electrons. The number of para-hydroxylation sites is 1. The highest BCUT2D eigenvalue weighted by atomic mass is 32.2. The monoisotopic (exact) mass is 351 g/mol. The Bertz CT molecular complexity index is 825. The predicted octanol–water partition coefficient (Wildman–Crippen LogP) is 2.23. The second kappa shape index (κ2) is 7.70. The third-order valence-corrected chi connectivity index (χ3v) is 4.86. The van der Waals surface area contributed by atoms with Gasteiger partial charge in [-0.05, 0) is 26.3 Å². The van der Waals surface area contributed by atoms with E-state index in [2.05, 4.69) is 15.6 Å². The molecule has 0 spiro atoms. The van der Waals surface area contributed by atoms with Crippen molar-refractivity contribution in [3.63, 3.8) is 0 Å². The highest BCUT2D eigenvalue weighted by Gasteiger charge is 2.12. The van der Waals surface area contributed by atoms with Crippen LogP contribution in [0.3, 0.4) is 0 Å². The van der Waals surface area contributed by atoms with Gasteiger partial charge in [-0.2, -0.15) is 0 Å². The average Bonchev–Trinajstić information content (AvgIpc) is 2.85. The number of nitrogens with zero attached hydrogens (tertiary/aromatic N) is 1. The molecule has 1 heterocycles. The van der Waals surface area contributed by atoms with Crippen molar-refractivity contribution in [2.24, 2.45) is 4.99 Å². The molecule has 24 heavy (non-hydrogen) atoms. The first-order valence-electron chi connectivity index (χ1n) is 7.92. The standard InChI is InChI=1S/C17H25N3O3S/c1-12(9-10-24(4,21)22)20-17(18-3)19-11-16-13(2)14-7-5-6-8-15(14)23-16/h5-8,12H,9-11H2,1-4H3,(H2,18,19,20). The maximum atomic E-state index is 11.2. The fourth-order valence-corrected chi connectivity index (χ4v) is 3.23. The van der Waals surface area contributed by atoms with E-state index in [9.17, 15) is 8.42 Å². The van der Waals surface area contributed by atoms with Gasteiger partial charge >= 0.3 is 0 Å². The number of sulfone groups is 1. The van der Waals surface area contributed by atoms with Crippen LogP contribution in [-0.2, 0) is 16.4 Å². The topological polar surface area (TPSA) is 83.7 Å². The van der Waals surface area contributed by atoms with Gasteiger partial charge in [0.25, 0.3) is 0 Å². The zero-order valence-corrected chi connectivity index (χ0v) is 15.4. The van der Waals surface area contributed by atoms with Gasteiger partial charge in [-0.3, -0.25) is 4.99 Å². The van der Waals surface area contributed by atoms with Gasteiger partial charge in [-0.15, -0.1) is 0 Å². The van der Waals surface area contributed by atoms with Crippen LogP contribution in [0.1, 0.15) is 24.7 Å². The predicted molar refractivity (Wildman–Crippen MR) is 98.1 cm³/mol. The molecule has 0 aliphatic rings. The Morgan fingerprint density at radius 3 is 2.67 bits per heavy atom. The molecule has 2 N–H and O–H groups in total. The van der Waals surface area contributed by atoms with E-state index >= 15 is 0 Å². The molecular weight excluding hydrogens is 326 g/mol. The summed E-state index contributed by atoms with van der Waals surface area (Å²) in [6.45, 7) is 4.48. The van der Waals surface area contributed by atoms with Gasteiger partial charge in [0, 0.05) is 30.3 Å². The number of hydrogen-bond donors (Lipinski definition) is 2. The summed E-state index contributed by atoms with van der Waals surface area (Å²) in [7, 11) is -1.27. The Kier molecular flexibility index (Phi) is 5.88. The first kappa shape index (κ1) is 18.3. The van der Waals surface area contributed by atoms with Crippen molar-refractivity contribution in [3.05, 3.63) is 35.6 Å². The number of hydrogen-bond acceptors (Lipinski definition) is 4. The molecule has 0 bridgehead atoms. The van der Waals surface area contributed by atoms with Crippen molar-refractivity contribution in [2.75, 3.05) is 19.1 Å². The van der Waals surface area contributed by atoms with Crippen LogP contribution in [0.2, 0.25) is 0 Å². The quantitative estimate of drug-likeness (QED) is 0.616. The normalized spacial score (nSPS) is 13.9. The lowest BCUT2D eigenvalue weighted by Gasteiger charge is -2.17. The zero-order valence-electron chi connectivity index (χ0n) is 14.6. The highest BCUT2D eigenvalue weighted by Crippen LogP contribution is 2.24. The van der Waals surface area contributed by atoms with Crippen LogP contribution >= 0.6 is 0 Å². The third kappa shape index (κ3) is 4.99. The van der Waals surface area contributed by atoms with E-state index < -0.39 is 9.84 Å². The van der Waals surface area contributed by atoms with Crippen LogP contribution in [0.15, 0.2) is 33.7 Å². The van der Waals surface area contributed by atoms with E-state index in [1.54, 1.807) is 7.05 Å². The number of benzene rings is 1. The molecule has 0 saturated heterocycles. The lowest BCUT2D eigenvalue weighted by molar-refractivity contribution is 0.530. The van der Waals surface area contributed by atoms with E-state index in [-0.39, 0.29) is 11.8 Å². The van der Waals surface area contributed by atoms with E-state index in [1.165, 1.54) is 6.26 Å². The molecule has 0 amide bonds. The summed E-state index contributed by atoms with van der Waals surface area (Å²) in [5.74, 6) is 1.64. The molecule has 0 aliphatic heterocycles. The summed E-state index contributed by atoms with van der Waals surface area (Å²) in [5.41, 5.74) is 1.98. The van der Waals surface area contributed by atoms with Crippen LogP contribution in [0.5, 0.6) is 0 Å². The molecule has 2 rings (SSSR count). The van der Waals surface area contributed by atoms with Gasteiger partial charge in [-0.25, -0.2) is 8.42 Å². The molecule has 6 nitrogen and oxygen atoms in total. The van der Waals surface area contributed by atoms with Gasteiger partial charge in [0.1, 0.15) is 21.2 Å². The minimum absolute atomic E-state index is 0.00250. The third-order valence-electron chi connectivity index (χ3n) is 3.89. The smallest absolute Gasteiger partial charge is 0.191 e. The summed E-state index contributed by atoms with van der Waals surface area (Å²) in [6.07, 6.45) is 1.78.